The molecule has 0 aliphatic carbocycles. The highest BCUT2D eigenvalue weighted by molar-refractivity contribution is 14.1. The number of rotatable bonds is 5. The van der Waals surface area contributed by atoms with E-state index in [1.807, 2.05) is 11.6 Å². The normalized spacial score (nSPS) is 10.9. The maximum Gasteiger partial charge on any atom is 0.0739 e. The fourth-order valence-corrected chi connectivity index (χ4v) is 2.12. The largest absolute Gasteiger partial charge is 0.310 e. The van der Waals surface area contributed by atoms with Gasteiger partial charge in [-0.1, -0.05) is 22.6 Å². The van der Waals surface area contributed by atoms with E-state index in [0.717, 1.165) is 34.2 Å². The third-order valence-corrected chi connectivity index (χ3v) is 3.59. The van der Waals surface area contributed by atoms with E-state index in [1.54, 1.807) is 0 Å². The predicted molar refractivity (Wildman–Crippen MR) is 70.9 cm³/mol. The van der Waals surface area contributed by atoms with Crippen LogP contribution in [-0.2, 0) is 13.1 Å². The molecule has 5 heteroatoms. The summed E-state index contributed by atoms with van der Waals surface area (Å²) in [7, 11) is 0. The standard InChI is InChI=1S/C9H15BrIN3/c1-3-14-8(6-12-5-4-11)9(10)7(2)13-14/h12H,3-6H2,1-2H3. The minimum absolute atomic E-state index is 0.887. The predicted octanol–water partition coefficient (Wildman–Crippen LogP) is 2.50. The molecule has 0 bridgehead atoms. The number of alkyl halides is 1. The molecule has 3 nitrogen and oxygen atoms in total. The Morgan fingerprint density at radius 1 is 1.57 bits per heavy atom. The van der Waals surface area contributed by atoms with Gasteiger partial charge in [-0.15, -0.1) is 0 Å². The topological polar surface area (TPSA) is 29.9 Å². The van der Waals surface area contributed by atoms with Crippen LogP contribution in [0.2, 0.25) is 0 Å². The van der Waals surface area contributed by atoms with E-state index in [1.165, 1.54) is 5.69 Å². The fourth-order valence-electron chi connectivity index (χ4n) is 1.31. The van der Waals surface area contributed by atoms with Gasteiger partial charge in [-0.05, 0) is 29.8 Å². The van der Waals surface area contributed by atoms with Gasteiger partial charge in [0.05, 0.1) is 15.9 Å². The summed E-state index contributed by atoms with van der Waals surface area (Å²) in [6.45, 7) is 6.99. The number of halogens is 2. The Morgan fingerprint density at radius 2 is 2.29 bits per heavy atom. The maximum atomic E-state index is 4.44. The van der Waals surface area contributed by atoms with Crippen molar-refractivity contribution in [2.24, 2.45) is 0 Å². The van der Waals surface area contributed by atoms with Crippen LogP contribution in [0.5, 0.6) is 0 Å². The van der Waals surface area contributed by atoms with E-state index in [9.17, 15) is 0 Å². The van der Waals surface area contributed by atoms with Crippen molar-refractivity contribution in [3.05, 3.63) is 15.9 Å². The van der Waals surface area contributed by atoms with Crippen molar-refractivity contribution in [2.75, 3.05) is 11.0 Å². The zero-order chi connectivity index (χ0) is 10.6. The SMILES string of the molecule is CCn1nc(C)c(Br)c1CNCCI. The third-order valence-electron chi connectivity index (χ3n) is 2.02. The second-order valence-electron chi connectivity index (χ2n) is 3.03. The average molecular weight is 372 g/mol. The van der Waals surface area contributed by atoms with Gasteiger partial charge < -0.3 is 5.32 Å². The molecular formula is C9H15BrIN3. The molecule has 0 fully saturated rings. The van der Waals surface area contributed by atoms with Crippen LogP contribution >= 0.6 is 38.5 Å². The van der Waals surface area contributed by atoms with E-state index < -0.39 is 0 Å². The van der Waals surface area contributed by atoms with Crippen LogP contribution in [-0.4, -0.2) is 20.8 Å². The van der Waals surface area contributed by atoms with Crippen molar-refractivity contribution in [3.8, 4) is 0 Å². The molecule has 0 aromatic carbocycles. The van der Waals surface area contributed by atoms with E-state index in [-0.39, 0.29) is 0 Å². The van der Waals surface area contributed by atoms with Crippen LogP contribution in [0.1, 0.15) is 18.3 Å². The lowest BCUT2D eigenvalue weighted by atomic mass is 10.3. The molecule has 0 radical (unpaired) electrons. The monoisotopic (exact) mass is 371 g/mol. The Balaban J connectivity index is 2.72. The lowest BCUT2D eigenvalue weighted by Crippen LogP contribution is -2.18. The van der Waals surface area contributed by atoms with Crippen molar-refractivity contribution in [1.82, 2.24) is 15.1 Å². The van der Waals surface area contributed by atoms with E-state index in [2.05, 4.69) is 55.9 Å². The molecule has 0 aliphatic rings. The zero-order valence-corrected chi connectivity index (χ0v) is 12.2. The molecule has 0 unspecified atom stereocenters. The first-order chi connectivity index (χ1) is 6.70. The average Bonchev–Trinajstić information content (AvgIpc) is 2.45. The van der Waals surface area contributed by atoms with Gasteiger partial charge in [0, 0.05) is 24.1 Å². The first kappa shape index (κ1) is 12.4. The molecule has 1 aromatic rings. The molecule has 0 atom stereocenters. The molecule has 1 aromatic heterocycles. The quantitative estimate of drug-likeness (QED) is 0.489. The van der Waals surface area contributed by atoms with Gasteiger partial charge in [0.2, 0.25) is 0 Å². The second-order valence-corrected chi connectivity index (χ2v) is 4.90. The van der Waals surface area contributed by atoms with Crippen LogP contribution in [0, 0.1) is 6.92 Å². The minimum Gasteiger partial charge on any atom is -0.310 e. The summed E-state index contributed by atoms with van der Waals surface area (Å²) in [6.07, 6.45) is 0. The van der Waals surface area contributed by atoms with Gasteiger partial charge in [0.15, 0.2) is 0 Å². The summed E-state index contributed by atoms with van der Waals surface area (Å²) in [4.78, 5) is 0. The number of nitrogens with zero attached hydrogens (tertiary/aromatic N) is 2. The highest BCUT2D eigenvalue weighted by Gasteiger charge is 2.10. The molecule has 14 heavy (non-hydrogen) atoms. The minimum atomic E-state index is 0.887. The number of hydrogen-bond donors (Lipinski definition) is 1. The summed E-state index contributed by atoms with van der Waals surface area (Å²) >= 11 is 5.93. The number of nitrogens with one attached hydrogen (secondary N) is 1. The van der Waals surface area contributed by atoms with Crippen molar-refractivity contribution >= 4 is 38.5 Å². The van der Waals surface area contributed by atoms with Crippen molar-refractivity contribution < 1.29 is 0 Å². The molecule has 80 valence electrons. The van der Waals surface area contributed by atoms with Crippen LogP contribution in [0.25, 0.3) is 0 Å². The van der Waals surface area contributed by atoms with E-state index >= 15 is 0 Å². The summed E-state index contributed by atoms with van der Waals surface area (Å²) in [5.74, 6) is 0. The molecule has 1 rings (SSSR count). The Morgan fingerprint density at radius 3 is 2.86 bits per heavy atom. The Labute approximate surface area is 107 Å². The summed E-state index contributed by atoms with van der Waals surface area (Å²) in [5.41, 5.74) is 2.31. The van der Waals surface area contributed by atoms with Gasteiger partial charge in [-0.3, -0.25) is 4.68 Å². The first-order valence-corrected chi connectivity index (χ1v) is 7.01. The molecular weight excluding hydrogens is 357 g/mol. The molecule has 0 spiro atoms. The zero-order valence-electron chi connectivity index (χ0n) is 8.48. The Hall–Kier alpha value is 0.380. The molecule has 0 aliphatic heterocycles. The maximum absolute atomic E-state index is 4.44. The van der Waals surface area contributed by atoms with Gasteiger partial charge in [0.1, 0.15) is 0 Å². The summed E-state index contributed by atoms with van der Waals surface area (Å²) in [6, 6.07) is 0. The van der Waals surface area contributed by atoms with Gasteiger partial charge in [-0.2, -0.15) is 5.10 Å². The van der Waals surface area contributed by atoms with Gasteiger partial charge >= 0.3 is 0 Å². The van der Waals surface area contributed by atoms with Gasteiger partial charge in [-0.25, -0.2) is 0 Å². The Kier molecular flexibility index (Phi) is 5.40. The molecule has 0 saturated heterocycles. The lowest BCUT2D eigenvalue weighted by Gasteiger charge is -2.05. The van der Waals surface area contributed by atoms with Crippen LogP contribution in [0.15, 0.2) is 4.47 Å². The highest BCUT2D eigenvalue weighted by atomic mass is 127. The molecule has 1 heterocycles. The van der Waals surface area contributed by atoms with E-state index in [0.29, 0.717) is 0 Å². The second kappa shape index (κ2) is 6.07. The lowest BCUT2D eigenvalue weighted by molar-refractivity contribution is 0.588. The molecule has 0 amide bonds. The first-order valence-electron chi connectivity index (χ1n) is 4.69. The van der Waals surface area contributed by atoms with Crippen molar-refractivity contribution in [3.63, 3.8) is 0 Å². The summed E-state index contributed by atoms with van der Waals surface area (Å²) < 4.78 is 4.31. The van der Waals surface area contributed by atoms with Gasteiger partial charge in [0.25, 0.3) is 0 Å². The fraction of sp³-hybridized carbons (Fsp3) is 0.667. The highest BCUT2D eigenvalue weighted by Crippen LogP contribution is 2.20. The smallest absolute Gasteiger partial charge is 0.0739 e. The van der Waals surface area contributed by atoms with Crippen molar-refractivity contribution in [1.29, 1.82) is 0 Å². The summed E-state index contributed by atoms with van der Waals surface area (Å²) in [5, 5.41) is 7.82. The van der Waals surface area contributed by atoms with Crippen molar-refractivity contribution in [2.45, 2.75) is 26.9 Å². The molecule has 1 N–H and O–H groups in total. The Bertz CT molecular complexity index is 298. The van der Waals surface area contributed by atoms with Crippen LogP contribution in [0.4, 0.5) is 0 Å². The van der Waals surface area contributed by atoms with Crippen LogP contribution < -0.4 is 5.32 Å². The molecule has 0 saturated carbocycles. The van der Waals surface area contributed by atoms with Crippen LogP contribution in [0.3, 0.4) is 0 Å². The van der Waals surface area contributed by atoms with E-state index in [4.69, 9.17) is 0 Å². The number of hydrogen-bond acceptors (Lipinski definition) is 2. The number of aryl methyl sites for hydroxylation is 2. The number of aromatic nitrogens is 2. The third kappa shape index (κ3) is 2.93.